The molecule has 0 saturated carbocycles. The third-order valence-corrected chi connectivity index (χ3v) is 7.80. The molecule has 0 aliphatic rings. The van der Waals surface area contributed by atoms with Crippen LogP contribution in [0.5, 0.6) is 0 Å². The van der Waals surface area contributed by atoms with E-state index < -0.39 is 15.0 Å². The van der Waals surface area contributed by atoms with Crippen LogP contribution in [0.25, 0.3) is 0 Å². The minimum Gasteiger partial charge on any atom is -0.496 e. The molecule has 2 nitrogen and oxygen atoms in total. The standard InChI is InChI=1S/C13H27FO2Si/c1-11(8-9-14)15-10-12(2)16-17(6,7)13(3,4)5/h12H,1,8-10H2,2-7H3/t12-/m1/s1. The minimum absolute atomic E-state index is 0.0206. The van der Waals surface area contributed by atoms with Gasteiger partial charge >= 0.3 is 0 Å². The Morgan fingerprint density at radius 2 is 1.88 bits per heavy atom. The Morgan fingerprint density at radius 3 is 2.29 bits per heavy atom. The van der Waals surface area contributed by atoms with E-state index in [4.69, 9.17) is 9.16 Å². The summed E-state index contributed by atoms with van der Waals surface area (Å²) in [6.07, 6.45) is 0.291. The summed E-state index contributed by atoms with van der Waals surface area (Å²) < 4.78 is 23.5. The molecule has 17 heavy (non-hydrogen) atoms. The van der Waals surface area contributed by atoms with Crippen LogP contribution >= 0.6 is 0 Å². The van der Waals surface area contributed by atoms with Crippen LogP contribution in [0, 0.1) is 0 Å². The Labute approximate surface area is 106 Å². The first-order valence-corrected chi connectivity index (χ1v) is 9.05. The predicted octanol–water partition coefficient (Wildman–Crippen LogP) is 4.29. The second-order valence-electron chi connectivity index (χ2n) is 5.98. The summed E-state index contributed by atoms with van der Waals surface area (Å²) in [5, 5.41) is 0.192. The summed E-state index contributed by atoms with van der Waals surface area (Å²) in [7, 11) is -1.74. The molecule has 0 saturated heterocycles. The molecule has 0 radical (unpaired) electrons. The van der Waals surface area contributed by atoms with Crippen molar-refractivity contribution in [2.45, 2.75) is 58.4 Å². The highest BCUT2D eigenvalue weighted by atomic mass is 28.4. The Kier molecular flexibility index (Phi) is 6.41. The van der Waals surface area contributed by atoms with Gasteiger partial charge in [0.15, 0.2) is 8.32 Å². The van der Waals surface area contributed by atoms with Gasteiger partial charge in [-0.2, -0.15) is 0 Å². The van der Waals surface area contributed by atoms with Crippen LogP contribution in [0.15, 0.2) is 12.3 Å². The minimum atomic E-state index is -1.74. The van der Waals surface area contributed by atoms with Gasteiger partial charge in [-0.05, 0) is 25.1 Å². The monoisotopic (exact) mass is 262 g/mol. The average Bonchev–Trinajstić information content (AvgIpc) is 2.12. The van der Waals surface area contributed by atoms with Crippen molar-refractivity contribution >= 4 is 8.32 Å². The highest BCUT2D eigenvalue weighted by Crippen LogP contribution is 2.37. The Hall–Kier alpha value is -0.353. The maximum absolute atomic E-state index is 12.0. The molecular formula is C13H27FO2Si. The molecule has 0 spiro atoms. The van der Waals surface area contributed by atoms with E-state index >= 15 is 0 Å². The molecule has 0 fully saturated rings. The fraction of sp³-hybridized carbons (Fsp3) is 0.846. The first-order chi connectivity index (χ1) is 7.60. The predicted molar refractivity (Wildman–Crippen MR) is 73.4 cm³/mol. The molecule has 4 heteroatoms. The number of alkyl halides is 1. The molecule has 0 aliphatic heterocycles. The van der Waals surface area contributed by atoms with Gasteiger partial charge in [0, 0.05) is 6.42 Å². The quantitative estimate of drug-likeness (QED) is 0.503. The van der Waals surface area contributed by atoms with Gasteiger partial charge < -0.3 is 9.16 Å². The number of rotatable bonds is 7. The lowest BCUT2D eigenvalue weighted by molar-refractivity contribution is 0.0859. The van der Waals surface area contributed by atoms with E-state index in [1.807, 2.05) is 6.92 Å². The second-order valence-corrected chi connectivity index (χ2v) is 10.7. The molecule has 0 aromatic rings. The van der Waals surface area contributed by atoms with Gasteiger partial charge in [0.2, 0.25) is 0 Å². The van der Waals surface area contributed by atoms with Crippen molar-refractivity contribution in [3.05, 3.63) is 12.3 Å². The van der Waals surface area contributed by atoms with Crippen LogP contribution in [0.4, 0.5) is 4.39 Å². The normalized spacial score (nSPS) is 14.5. The van der Waals surface area contributed by atoms with E-state index in [2.05, 4.69) is 40.4 Å². The summed E-state index contributed by atoms with van der Waals surface area (Å²) in [5.74, 6) is 0.498. The highest BCUT2D eigenvalue weighted by molar-refractivity contribution is 6.74. The van der Waals surface area contributed by atoms with Gasteiger partial charge in [-0.25, -0.2) is 0 Å². The van der Waals surface area contributed by atoms with Crippen molar-refractivity contribution in [2.24, 2.45) is 0 Å². The molecular weight excluding hydrogens is 235 g/mol. The van der Waals surface area contributed by atoms with Crippen molar-refractivity contribution in [1.82, 2.24) is 0 Å². The maximum atomic E-state index is 12.0. The second kappa shape index (κ2) is 6.54. The molecule has 0 N–H and O–H groups in total. The summed E-state index contributed by atoms with van der Waals surface area (Å²) in [6, 6.07) is 0. The molecule has 0 aromatic carbocycles. The lowest BCUT2D eigenvalue weighted by Crippen LogP contribution is -2.44. The molecule has 0 amide bonds. The number of ether oxygens (including phenoxy) is 1. The Morgan fingerprint density at radius 1 is 1.35 bits per heavy atom. The molecule has 1 atom stereocenters. The fourth-order valence-electron chi connectivity index (χ4n) is 1.13. The zero-order valence-corrected chi connectivity index (χ0v) is 13.1. The average molecular weight is 262 g/mol. The summed E-state index contributed by atoms with van der Waals surface area (Å²) in [6.45, 7) is 16.7. The molecule has 0 aliphatic carbocycles. The molecule has 0 unspecified atom stereocenters. The van der Waals surface area contributed by atoms with Crippen molar-refractivity contribution in [1.29, 1.82) is 0 Å². The SMILES string of the molecule is C=C(CCF)OC[C@@H](C)O[Si](C)(C)C(C)(C)C. The number of hydrogen-bond donors (Lipinski definition) is 0. The number of allylic oxidation sites excluding steroid dienone is 1. The number of hydrogen-bond acceptors (Lipinski definition) is 2. The van der Waals surface area contributed by atoms with Crippen molar-refractivity contribution in [2.75, 3.05) is 13.3 Å². The van der Waals surface area contributed by atoms with E-state index in [1.165, 1.54) is 0 Å². The molecule has 0 aromatic heterocycles. The highest BCUT2D eigenvalue weighted by Gasteiger charge is 2.38. The van der Waals surface area contributed by atoms with Crippen LogP contribution in [-0.4, -0.2) is 27.7 Å². The third-order valence-electron chi connectivity index (χ3n) is 3.20. The van der Waals surface area contributed by atoms with E-state index in [9.17, 15) is 4.39 Å². The van der Waals surface area contributed by atoms with Crippen LogP contribution in [-0.2, 0) is 9.16 Å². The lowest BCUT2D eigenvalue weighted by atomic mass is 10.2. The van der Waals surface area contributed by atoms with Gasteiger partial charge in [-0.1, -0.05) is 27.4 Å². The topological polar surface area (TPSA) is 18.5 Å². The molecule has 0 bridgehead atoms. The first kappa shape index (κ1) is 16.6. The zero-order chi connectivity index (χ0) is 13.7. The van der Waals surface area contributed by atoms with Crippen LogP contribution in [0.1, 0.15) is 34.1 Å². The fourth-order valence-corrected chi connectivity index (χ4v) is 2.55. The van der Waals surface area contributed by atoms with E-state index in [-0.39, 0.29) is 17.6 Å². The van der Waals surface area contributed by atoms with Gasteiger partial charge in [-0.15, -0.1) is 0 Å². The third kappa shape index (κ3) is 6.22. The summed E-state index contributed by atoms with van der Waals surface area (Å²) in [5.41, 5.74) is 0. The summed E-state index contributed by atoms with van der Waals surface area (Å²) in [4.78, 5) is 0. The number of halogens is 1. The first-order valence-electron chi connectivity index (χ1n) is 6.14. The zero-order valence-electron chi connectivity index (χ0n) is 12.1. The van der Waals surface area contributed by atoms with Gasteiger partial charge in [0.25, 0.3) is 0 Å². The molecule has 0 heterocycles. The summed E-state index contributed by atoms with van der Waals surface area (Å²) >= 11 is 0. The van der Waals surface area contributed by atoms with Crippen molar-refractivity contribution in [3.63, 3.8) is 0 Å². The van der Waals surface area contributed by atoms with E-state index in [0.717, 1.165) is 0 Å². The van der Waals surface area contributed by atoms with Crippen LogP contribution < -0.4 is 0 Å². The van der Waals surface area contributed by atoms with Gasteiger partial charge in [0.05, 0.1) is 18.5 Å². The molecule has 0 rings (SSSR count). The lowest BCUT2D eigenvalue weighted by Gasteiger charge is -2.38. The van der Waals surface area contributed by atoms with Gasteiger partial charge in [-0.3, -0.25) is 4.39 Å². The van der Waals surface area contributed by atoms with E-state index in [1.54, 1.807) is 0 Å². The molecule has 102 valence electrons. The smallest absolute Gasteiger partial charge is 0.192 e. The van der Waals surface area contributed by atoms with Crippen LogP contribution in [0.2, 0.25) is 18.1 Å². The van der Waals surface area contributed by atoms with Gasteiger partial charge in [0.1, 0.15) is 6.61 Å². The van der Waals surface area contributed by atoms with Crippen molar-refractivity contribution < 1.29 is 13.6 Å². The Bertz CT molecular complexity index is 246. The largest absolute Gasteiger partial charge is 0.496 e. The maximum Gasteiger partial charge on any atom is 0.192 e. The Balaban J connectivity index is 4.10. The van der Waals surface area contributed by atoms with Crippen LogP contribution in [0.3, 0.4) is 0 Å². The van der Waals surface area contributed by atoms with E-state index in [0.29, 0.717) is 12.4 Å². The van der Waals surface area contributed by atoms with Crippen molar-refractivity contribution in [3.8, 4) is 0 Å².